The molecule has 24 heavy (non-hydrogen) atoms. The predicted molar refractivity (Wildman–Crippen MR) is 92.0 cm³/mol. The lowest BCUT2D eigenvalue weighted by Gasteiger charge is -2.24. The summed E-state index contributed by atoms with van der Waals surface area (Å²) in [6.07, 6.45) is 4.43. The van der Waals surface area contributed by atoms with Crippen molar-refractivity contribution in [3.05, 3.63) is 33.9 Å². The number of aliphatic hydroxyl groups excluding tert-OH is 1. The summed E-state index contributed by atoms with van der Waals surface area (Å²) in [6.45, 7) is 3.66. The van der Waals surface area contributed by atoms with Gasteiger partial charge in [-0.15, -0.1) is 0 Å². The highest BCUT2D eigenvalue weighted by Crippen LogP contribution is 2.23. The summed E-state index contributed by atoms with van der Waals surface area (Å²) in [5.74, 6) is -0.0836. The summed E-state index contributed by atoms with van der Waals surface area (Å²) in [4.78, 5) is 24.8. The molecule has 1 aromatic carbocycles. The summed E-state index contributed by atoms with van der Waals surface area (Å²) in [7, 11) is 0. The highest BCUT2D eigenvalue weighted by Gasteiger charge is 2.24. The van der Waals surface area contributed by atoms with Crippen LogP contribution in [0.1, 0.15) is 37.7 Å². The second-order valence-electron chi connectivity index (χ2n) is 6.25. The molecule has 132 valence electrons. The van der Waals surface area contributed by atoms with Gasteiger partial charge in [0, 0.05) is 43.4 Å². The maximum Gasteiger partial charge on any atom is 0.269 e. The van der Waals surface area contributed by atoms with Gasteiger partial charge in [-0.05, 0) is 50.8 Å². The van der Waals surface area contributed by atoms with Gasteiger partial charge < -0.3 is 10.4 Å². The first-order chi connectivity index (χ1) is 11.5. The fraction of sp³-hybridized carbons (Fsp3) is 0.588. The number of aliphatic hydroxyl groups is 1. The maximum atomic E-state index is 12.1. The average molecular weight is 335 g/mol. The predicted octanol–water partition coefficient (Wildman–Crippen LogP) is 2.47. The van der Waals surface area contributed by atoms with Crippen molar-refractivity contribution in [2.75, 3.05) is 25.0 Å². The smallest absolute Gasteiger partial charge is 0.269 e. The first kappa shape index (κ1) is 18.4. The van der Waals surface area contributed by atoms with Crippen LogP contribution in [0.4, 0.5) is 11.4 Å². The number of amides is 1. The molecular formula is C17H25N3O4. The molecule has 1 saturated heterocycles. The van der Waals surface area contributed by atoms with Gasteiger partial charge in [-0.2, -0.15) is 0 Å². The number of rotatable bonds is 8. The van der Waals surface area contributed by atoms with Crippen LogP contribution in [0.5, 0.6) is 0 Å². The molecule has 0 aliphatic carbocycles. The van der Waals surface area contributed by atoms with E-state index < -0.39 is 4.92 Å². The van der Waals surface area contributed by atoms with Gasteiger partial charge >= 0.3 is 0 Å². The van der Waals surface area contributed by atoms with Crippen LogP contribution < -0.4 is 5.32 Å². The maximum absolute atomic E-state index is 12.1. The highest BCUT2D eigenvalue weighted by molar-refractivity contribution is 5.91. The zero-order chi connectivity index (χ0) is 17.5. The van der Waals surface area contributed by atoms with E-state index in [9.17, 15) is 14.9 Å². The van der Waals surface area contributed by atoms with Crippen LogP contribution >= 0.6 is 0 Å². The number of benzene rings is 1. The van der Waals surface area contributed by atoms with E-state index in [1.54, 1.807) is 13.0 Å². The van der Waals surface area contributed by atoms with Crippen molar-refractivity contribution >= 4 is 17.3 Å². The van der Waals surface area contributed by atoms with Crippen LogP contribution in [0.15, 0.2) is 18.2 Å². The molecule has 1 aromatic rings. The molecule has 1 heterocycles. The number of anilines is 1. The van der Waals surface area contributed by atoms with E-state index in [0.29, 0.717) is 30.3 Å². The molecule has 0 bridgehead atoms. The number of hydrogen-bond donors (Lipinski definition) is 2. The summed E-state index contributed by atoms with van der Waals surface area (Å²) >= 11 is 0. The summed E-state index contributed by atoms with van der Waals surface area (Å²) in [6, 6.07) is 4.89. The van der Waals surface area contributed by atoms with Crippen molar-refractivity contribution in [3.8, 4) is 0 Å². The lowest BCUT2D eigenvalue weighted by Crippen LogP contribution is -2.32. The van der Waals surface area contributed by atoms with Gasteiger partial charge in [0.1, 0.15) is 0 Å². The Morgan fingerprint density at radius 1 is 1.50 bits per heavy atom. The number of aryl methyl sites for hydroxylation is 1. The average Bonchev–Trinajstić information content (AvgIpc) is 3.00. The van der Waals surface area contributed by atoms with Gasteiger partial charge in [-0.1, -0.05) is 0 Å². The van der Waals surface area contributed by atoms with Crippen LogP contribution in [-0.2, 0) is 4.79 Å². The number of nitro benzene ring substituents is 1. The van der Waals surface area contributed by atoms with Crippen molar-refractivity contribution in [3.63, 3.8) is 0 Å². The molecule has 0 aromatic heterocycles. The molecule has 1 aliphatic rings. The molecule has 0 saturated carbocycles. The molecule has 0 radical (unpaired) electrons. The molecule has 1 unspecified atom stereocenters. The SMILES string of the molecule is Cc1cc([N+](=O)[O-])ccc1NC(=O)CCN1CCCC1CCCO. The number of nitro groups is 1. The summed E-state index contributed by atoms with van der Waals surface area (Å²) < 4.78 is 0. The van der Waals surface area contributed by atoms with Crippen LogP contribution in [0.2, 0.25) is 0 Å². The standard InChI is InChI=1S/C17H25N3O4/c1-13-12-15(20(23)24)6-7-16(13)18-17(22)8-10-19-9-2-4-14(19)5-3-11-21/h6-7,12,14,21H,2-5,8-11H2,1H3,(H,18,22). The van der Waals surface area contributed by atoms with E-state index in [4.69, 9.17) is 5.11 Å². The Bertz CT molecular complexity index is 591. The van der Waals surface area contributed by atoms with Crippen molar-refractivity contribution in [1.82, 2.24) is 4.90 Å². The summed E-state index contributed by atoms with van der Waals surface area (Å²) in [5.41, 5.74) is 1.32. The van der Waals surface area contributed by atoms with E-state index in [0.717, 1.165) is 32.2 Å². The van der Waals surface area contributed by atoms with Crippen molar-refractivity contribution in [2.24, 2.45) is 0 Å². The van der Waals surface area contributed by atoms with Crippen molar-refractivity contribution < 1.29 is 14.8 Å². The van der Waals surface area contributed by atoms with Gasteiger partial charge in [-0.3, -0.25) is 19.8 Å². The van der Waals surface area contributed by atoms with Crippen LogP contribution in [0.25, 0.3) is 0 Å². The van der Waals surface area contributed by atoms with Crippen LogP contribution in [0, 0.1) is 17.0 Å². The van der Waals surface area contributed by atoms with Crippen molar-refractivity contribution in [2.45, 2.75) is 45.1 Å². The summed E-state index contributed by atoms with van der Waals surface area (Å²) in [5, 5.41) is 22.5. The Hall–Kier alpha value is -1.99. The molecule has 0 spiro atoms. The second-order valence-corrected chi connectivity index (χ2v) is 6.25. The lowest BCUT2D eigenvalue weighted by atomic mass is 10.1. The van der Waals surface area contributed by atoms with Gasteiger partial charge in [-0.25, -0.2) is 0 Å². The minimum Gasteiger partial charge on any atom is -0.396 e. The number of carbonyl (C=O) groups excluding carboxylic acids is 1. The molecule has 7 nitrogen and oxygen atoms in total. The van der Waals surface area contributed by atoms with Gasteiger partial charge in [0.2, 0.25) is 5.91 Å². The Balaban J connectivity index is 1.84. The minimum atomic E-state index is -0.446. The molecule has 1 atom stereocenters. The molecular weight excluding hydrogens is 310 g/mol. The lowest BCUT2D eigenvalue weighted by molar-refractivity contribution is -0.384. The molecule has 2 N–H and O–H groups in total. The minimum absolute atomic E-state index is 0.0225. The Morgan fingerprint density at radius 3 is 2.96 bits per heavy atom. The van der Waals surface area contributed by atoms with E-state index in [2.05, 4.69) is 10.2 Å². The number of likely N-dealkylation sites (tertiary alicyclic amines) is 1. The van der Waals surface area contributed by atoms with Crippen molar-refractivity contribution in [1.29, 1.82) is 0 Å². The number of nitrogens with zero attached hydrogens (tertiary/aromatic N) is 2. The third-order valence-corrected chi connectivity index (χ3v) is 4.52. The molecule has 2 rings (SSSR count). The topological polar surface area (TPSA) is 95.7 Å². The molecule has 7 heteroatoms. The number of non-ortho nitro benzene ring substituents is 1. The number of hydrogen-bond acceptors (Lipinski definition) is 5. The zero-order valence-electron chi connectivity index (χ0n) is 14.0. The fourth-order valence-corrected chi connectivity index (χ4v) is 3.20. The van der Waals surface area contributed by atoms with E-state index in [-0.39, 0.29) is 18.2 Å². The monoisotopic (exact) mass is 335 g/mol. The first-order valence-corrected chi connectivity index (χ1v) is 8.41. The third-order valence-electron chi connectivity index (χ3n) is 4.52. The number of carbonyl (C=O) groups is 1. The Labute approximate surface area is 141 Å². The third kappa shape index (κ3) is 5.01. The first-order valence-electron chi connectivity index (χ1n) is 8.41. The Kier molecular flexibility index (Phi) is 6.69. The highest BCUT2D eigenvalue weighted by atomic mass is 16.6. The van der Waals surface area contributed by atoms with Gasteiger partial charge in [0.05, 0.1) is 4.92 Å². The van der Waals surface area contributed by atoms with Crippen LogP contribution in [0.3, 0.4) is 0 Å². The largest absolute Gasteiger partial charge is 0.396 e. The van der Waals surface area contributed by atoms with E-state index >= 15 is 0 Å². The van der Waals surface area contributed by atoms with Crippen LogP contribution in [-0.4, -0.2) is 46.6 Å². The quantitative estimate of drug-likeness (QED) is 0.562. The second kappa shape index (κ2) is 8.75. The zero-order valence-corrected chi connectivity index (χ0v) is 14.0. The molecule has 1 aliphatic heterocycles. The Morgan fingerprint density at radius 2 is 2.29 bits per heavy atom. The van der Waals surface area contributed by atoms with Gasteiger partial charge in [0.15, 0.2) is 0 Å². The normalized spacial score (nSPS) is 17.8. The molecule has 1 amide bonds. The number of nitrogens with one attached hydrogen (secondary N) is 1. The molecule has 1 fully saturated rings. The fourth-order valence-electron chi connectivity index (χ4n) is 3.20. The van der Waals surface area contributed by atoms with Gasteiger partial charge in [0.25, 0.3) is 5.69 Å². The van der Waals surface area contributed by atoms with E-state index in [1.807, 2.05) is 0 Å². The van der Waals surface area contributed by atoms with E-state index in [1.165, 1.54) is 12.1 Å².